The van der Waals surface area contributed by atoms with Gasteiger partial charge in [0.25, 0.3) is 5.91 Å². The molecule has 0 aliphatic rings. The molecule has 25 heavy (non-hydrogen) atoms. The Morgan fingerprint density at radius 3 is 2.64 bits per heavy atom. The average Bonchev–Trinajstić information content (AvgIpc) is 3.14. The number of hydrogen-bond acceptors (Lipinski definition) is 5. The Kier molecular flexibility index (Phi) is 7.03. The summed E-state index contributed by atoms with van der Waals surface area (Å²) in [4.78, 5) is 38.2. The van der Waals surface area contributed by atoms with E-state index in [2.05, 4.69) is 10.6 Å². The minimum Gasteiger partial charge on any atom is -0.343 e. The van der Waals surface area contributed by atoms with Crippen LogP contribution in [-0.4, -0.2) is 49.0 Å². The first-order chi connectivity index (χ1) is 12.0. The second-order valence-electron chi connectivity index (χ2n) is 5.19. The molecule has 2 rings (SSSR count). The molecule has 6 nitrogen and oxygen atoms in total. The van der Waals surface area contributed by atoms with Gasteiger partial charge in [0, 0.05) is 22.9 Å². The molecule has 0 fully saturated rings. The van der Waals surface area contributed by atoms with E-state index in [0.29, 0.717) is 11.3 Å². The van der Waals surface area contributed by atoms with Crippen molar-refractivity contribution in [3.63, 3.8) is 0 Å². The van der Waals surface area contributed by atoms with Crippen LogP contribution >= 0.6 is 23.1 Å². The fraction of sp³-hybridized carbons (Fsp3) is 0.235. The predicted molar refractivity (Wildman–Crippen MR) is 101 cm³/mol. The SMILES string of the molecule is CSc1ccccc1NC(=O)CN(C)C(=O)CNC(=O)c1ccsc1. The van der Waals surface area contributed by atoms with Gasteiger partial charge >= 0.3 is 0 Å². The predicted octanol–water partition coefficient (Wildman–Crippen LogP) is 2.30. The fourth-order valence-electron chi connectivity index (χ4n) is 2.03. The zero-order chi connectivity index (χ0) is 18.2. The Morgan fingerprint density at radius 2 is 1.96 bits per heavy atom. The summed E-state index contributed by atoms with van der Waals surface area (Å²) >= 11 is 2.94. The maximum absolute atomic E-state index is 12.1. The highest BCUT2D eigenvalue weighted by atomic mass is 32.2. The Bertz CT molecular complexity index is 747. The van der Waals surface area contributed by atoms with Gasteiger partial charge in [0.1, 0.15) is 0 Å². The minimum absolute atomic E-state index is 0.0874. The molecule has 0 aliphatic heterocycles. The number of amides is 3. The number of carbonyl (C=O) groups excluding carboxylic acids is 3. The summed E-state index contributed by atoms with van der Waals surface area (Å²) < 4.78 is 0. The van der Waals surface area contributed by atoms with E-state index in [1.54, 1.807) is 16.8 Å². The first-order valence-corrected chi connectivity index (χ1v) is 9.65. The summed E-state index contributed by atoms with van der Waals surface area (Å²) in [6.07, 6.45) is 1.93. The first-order valence-electron chi connectivity index (χ1n) is 7.48. The zero-order valence-electron chi connectivity index (χ0n) is 13.9. The smallest absolute Gasteiger partial charge is 0.252 e. The maximum atomic E-state index is 12.1. The molecule has 0 radical (unpaired) electrons. The van der Waals surface area contributed by atoms with Gasteiger partial charge < -0.3 is 15.5 Å². The zero-order valence-corrected chi connectivity index (χ0v) is 15.6. The highest BCUT2D eigenvalue weighted by Crippen LogP contribution is 2.24. The van der Waals surface area contributed by atoms with E-state index in [0.717, 1.165) is 4.90 Å². The molecular formula is C17H19N3O3S2. The lowest BCUT2D eigenvalue weighted by atomic mass is 10.3. The van der Waals surface area contributed by atoms with Crippen molar-refractivity contribution >= 4 is 46.5 Å². The molecule has 8 heteroatoms. The van der Waals surface area contributed by atoms with Gasteiger partial charge in [0.15, 0.2) is 0 Å². The number of thioether (sulfide) groups is 1. The van der Waals surface area contributed by atoms with Crippen molar-refractivity contribution in [3.8, 4) is 0 Å². The number of carbonyl (C=O) groups is 3. The summed E-state index contributed by atoms with van der Waals surface area (Å²) in [6.45, 7) is -0.240. The lowest BCUT2D eigenvalue weighted by Gasteiger charge is -2.17. The standard InChI is InChI=1S/C17H19N3O3S2/c1-20(16(22)9-18-17(23)12-7-8-25-11-12)10-15(21)19-13-5-3-4-6-14(13)24-2/h3-8,11H,9-10H2,1-2H3,(H,18,23)(H,19,21). The van der Waals surface area contributed by atoms with Crippen LogP contribution in [0.3, 0.4) is 0 Å². The van der Waals surface area contributed by atoms with Gasteiger partial charge in [-0.1, -0.05) is 12.1 Å². The molecule has 3 amide bonds. The lowest BCUT2D eigenvalue weighted by molar-refractivity contribution is -0.132. The molecule has 2 aromatic rings. The molecule has 0 unspecified atom stereocenters. The third-order valence-corrected chi connectivity index (χ3v) is 4.85. The van der Waals surface area contributed by atoms with Crippen LogP contribution in [0.1, 0.15) is 10.4 Å². The number of benzene rings is 1. The van der Waals surface area contributed by atoms with Crippen molar-refractivity contribution in [2.75, 3.05) is 31.7 Å². The molecule has 0 bridgehead atoms. The summed E-state index contributed by atoms with van der Waals surface area (Å²) in [5.74, 6) is -0.931. The van der Waals surface area contributed by atoms with Crippen molar-refractivity contribution in [2.45, 2.75) is 4.90 Å². The number of rotatable bonds is 7. The molecule has 0 saturated carbocycles. The van der Waals surface area contributed by atoms with Crippen LogP contribution in [0.5, 0.6) is 0 Å². The van der Waals surface area contributed by atoms with Crippen molar-refractivity contribution in [3.05, 3.63) is 46.7 Å². The maximum Gasteiger partial charge on any atom is 0.252 e. The average molecular weight is 377 g/mol. The minimum atomic E-state index is -0.336. The van der Waals surface area contributed by atoms with Crippen LogP contribution in [0.4, 0.5) is 5.69 Å². The molecular weight excluding hydrogens is 358 g/mol. The van der Waals surface area contributed by atoms with Crippen LogP contribution in [-0.2, 0) is 9.59 Å². The second kappa shape index (κ2) is 9.24. The third-order valence-electron chi connectivity index (χ3n) is 3.37. The van der Waals surface area contributed by atoms with E-state index in [9.17, 15) is 14.4 Å². The molecule has 1 heterocycles. The Labute approximate surface area is 154 Å². The Balaban J connectivity index is 1.81. The molecule has 1 aromatic carbocycles. The number of nitrogens with one attached hydrogen (secondary N) is 2. The quantitative estimate of drug-likeness (QED) is 0.726. The van der Waals surface area contributed by atoms with Gasteiger partial charge in [0.2, 0.25) is 11.8 Å². The van der Waals surface area contributed by atoms with Crippen LogP contribution < -0.4 is 10.6 Å². The number of thiophene rings is 1. The van der Waals surface area contributed by atoms with Gasteiger partial charge in [-0.15, -0.1) is 11.8 Å². The van der Waals surface area contributed by atoms with E-state index in [-0.39, 0.29) is 30.8 Å². The Hall–Kier alpha value is -2.32. The van der Waals surface area contributed by atoms with Crippen LogP contribution in [0, 0.1) is 0 Å². The van der Waals surface area contributed by atoms with Crippen molar-refractivity contribution in [2.24, 2.45) is 0 Å². The summed E-state index contributed by atoms with van der Waals surface area (Å²) in [5.41, 5.74) is 1.23. The van der Waals surface area contributed by atoms with Gasteiger partial charge in [-0.3, -0.25) is 14.4 Å². The van der Waals surface area contributed by atoms with E-state index >= 15 is 0 Å². The van der Waals surface area contributed by atoms with Crippen LogP contribution in [0.15, 0.2) is 46.0 Å². The number of anilines is 1. The largest absolute Gasteiger partial charge is 0.343 e. The first kappa shape index (κ1) is 19.0. The lowest BCUT2D eigenvalue weighted by Crippen LogP contribution is -2.41. The molecule has 2 N–H and O–H groups in total. The number of likely N-dealkylation sites (N-methyl/N-ethyl adjacent to an activating group) is 1. The van der Waals surface area contributed by atoms with Crippen molar-refractivity contribution in [1.29, 1.82) is 0 Å². The number of para-hydroxylation sites is 1. The van der Waals surface area contributed by atoms with E-state index in [1.807, 2.05) is 30.5 Å². The van der Waals surface area contributed by atoms with Crippen LogP contribution in [0.2, 0.25) is 0 Å². The topological polar surface area (TPSA) is 78.5 Å². The molecule has 0 spiro atoms. The molecule has 1 aromatic heterocycles. The molecule has 0 atom stereocenters. The summed E-state index contributed by atoms with van der Waals surface area (Å²) in [6, 6.07) is 9.14. The van der Waals surface area contributed by atoms with Gasteiger partial charge in [-0.2, -0.15) is 11.3 Å². The van der Waals surface area contributed by atoms with Crippen molar-refractivity contribution < 1.29 is 14.4 Å². The monoisotopic (exact) mass is 377 g/mol. The molecule has 132 valence electrons. The van der Waals surface area contributed by atoms with Crippen LogP contribution in [0.25, 0.3) is 0 Å². The Morgan fingerprint density at radius 1 is 1.20 bits per heavy atom. The summed E-state index contributed by atoms with van der Waals surface area (Å²) in [5, 5.41) is 8.84. The highest BCUT2D eigenvalue weighted by molar-refractivity contribution is 7.98. The van der Waals surface area contributed by atoms with E-state index < -0.39 is 0 Å². The molecule has 0 aliphatic carbocycles. The highest BCUT2D eigenvalue weighted by Gasteiger charge is 2.15. The molecule has 0 saturated heterocycles. The van der Waals surface area contributed by atoms with E-state index in [4.69, 9.17) is 0 Å². The van der Waals surface area contributed by atoms with Gasteiger partial charge in [-0.25, -0.2) is 0 Å². The number of hydrogen-bond donors (Lipinski definition) is 2. The van der Waals surface area contributed by atoms with Gasteiger partial charge in [-0.05, 0) is 29.8 Å². The second-order valence-corrected chi connectivity index (χ2v) is 6.82. The normalized spacial score (nSPS) is 10.2. The van der Waals surface area contributed by atoms with E-state index in [1.165, 1.54) is 35.0 Å². The fourth-order valence-corrected chi connectivity index (χ4v) is 3.22. The van der Waals surface area contributed by atoms with Gasteiger partial charge in [0.05, 0.1) is 18.8 Å². The number of nitrogens with zero attached hydrogens (tertiary/aromatic N) is 1. The third kappa shape index (κ3) is 5.61. The summed E-state index contributed by atoms with van der Waals surface area (Å²) in [7, 11) is 1.53. The van der Waals surface area contributed by atoms with Crippen molar-refractivity contribution in [1.82, 2.24) is 10.2 Å².